The third kappa shape index (κ3) is 6.20. The molecular weight excluding hydrogens is 219 g/mol. The average molecular weight is 230 g/mol. The van der Waals surface area contributed by atoms with Crippen molar-refractivity contribution in [3.63, 3.8) is 0 Å². The summed E-state index contributed by atoms with van der Waals surface area (Å²) in [6.45, 7) is 4.07. The number of hydrogen-bond acceptors (Lipinski definition) is 2. The van der Waals surface area contributed by atoms with Crippen molar-refractivity contribution < 1.29 is 9.53 Å². The monoisotopic (exact) mass is 230 g/mol. The Morgan fingerprint density at radius 3 is 2.12 bits per heavy atom. The lowest BCUT2D eigenvalue weighted by molar-refractivity contribution is -0.142. The predicted molar refractivity (Wildman–Crippen MR) is 42.3 cm³/mol. The highest BCUT2D eigenvalue weighted by Gasteiger charge is 1.91. The Balaban J connectivity index is 0. The van der Waals surface area contributed by atoms with Crippen LogP contribution in [0.5, 0.6) is 0 Å². The SMILES string of the molecule is CCOC(=O)CC.I. The quantitative estimate of drug-likeness (QED) is 0.531. The van der Waals surface area contributed by atoms with Gasteiger partial charge in [-0.1, -0.05) is 6.92 Å². The predicted octanol–water partition coefficient (Wildman–Crippen LogP) is 1.58. The van der Waals surface area contributed by atoms with E-state index < -0.39 is 0 Å². The molecule has 0 rings (SSSR count). The Bertz CT molecular complexity index is 63.4. The second-order valence-electron chi connectivity index (χ2n) is 1.16. The number of esters is 1. The van der Waals surface area contributed by atoms with Crippen molar-refractivity contribution in [2.45, 2.75) is 20.3 Å². The van der Waals surface area contributed by atoms with Gasteiger partial charge in [0.2, 0.25) is 0 Å². The van der Waals surface area contributed by atoms with Gasteiger partial charge in [-0.15, -0.1) is 24.0 Å². The Morgan fingerprint density at radius 2 is 2.00 bits per heavy atom. The van der Waals surface area contributed by atoms with Crippen LogP contribution in [0.3, 0.4) is 0 Å². The highest BCUT2D eigenvalue weighted by Crippen LogP contribution is 1.80. The summed E-state index contributed by atoms with van der Waals surface area (Å²) in [5.74, 6) is -0.123. The van der Waals surface area contributed by atoms with E-state index in [1.165, 1.54) is 0 Å². The lowest BCUT2D eigenvalue weighted by Gasteiger charge is -1.93. The number of carbonyl (C=O) groups is 1. The van der Waals surface area contributed by atoms with Crippen LogP contribution in [0.4, 0.5) is 0 Å². The molecule has 50 valence electrons. The van der Waals surface area contributed by atoms with E-state index in [0.29, 0.717) is 13.0 Å². The molecule has 0 radical (unpaired) electrons. The molecule has 8 heavy (non-hydrogen) atoms. The Hall–Kier alpha value is 0.200. The molecule has 2 nitrogen and oxygen atoms in total. The fraction of sp³-hybridized carbons (Fsp3) is 0.800. The molecule has 3 heteroatoms. The van der Waals surface area contributed by atoms with Gasteiger partial charge in [0.05, 0.1) is 6.61 Å². The average Bonchev–Trinajstić information content (AvgIpc) is 1.68. The van der Waals surface area contributed by atoms with Gasteiger partial charge in [0, 0.05) is 6.42 Å². The summed E-state index contributed by atoms with van der Waals surface area (Å²) >= 11 is 0. The van der Waals surface area contributed by atoms with Crippen molar-refractivity contribution in [1.29, 1.82) is 0 Å². The molecule has 0 fully saturated rings. The highest BCUT2D eigenvalue weighted by atomic mass is 127. The van der Waals surface area contributed by atoms with Crippen molar-refractivity contribution in [3.05, 3.63) is 0 Å². The second kappa shape index (κ2) is 7.20. The third-order valence-electron chi connectivity index (χ3n) is 0.594. The number of rotatable bonds is 2. The zero-order valence-corrected chi connectivity index (χ0v) is 7.47. The molecule has 0 unspecified atom stereocenters. The maximum absolute atomic E-state index is 10.2. The smallest absolute Gasteiger partial charge is 0.305 e. The topological polar surface area (TPSA) is 26.3 Å². The standard InChI is InChI=1S/C5H10O2.HI/c1-3-5(6)7-4-2;/h3-4H2,1-2H3;1H. The van der Waals surface area contributed by atoms with Crippen LogP contribution in [-0.2, 0) is 9.53 Å². The molecule has 0 aromatic carbocycles. The summed E-state index contributed by atoms with van der Waals surface area (Å²) in [6, 6.07) is 0. The van der Waals surface area contributed by atoms with Gasteiger partial charge in [-0.05, 0) is 6.92 Å². The lowest BCUT2D eigenvalue weighted by atomic mass is 10.5. The Labute approximate surface area is 66.6 Å². The first kappa shape index (κ1) is 11.1. The molecule has 0 N–H and O–H groups in total. The van der Waals surface area contributed by atoms with Gasteiger partial charge in [0.25, 0.3) is 0 Å². The minimum absolute atomic E-state index is 0. The molecule has 0 aliphatic carbocycles. The van der Waals surface area contributed by atoms with Gasteiger partial charge in [-0.25, -0.2) is 0 Å². The van der Waals surface area contributed by atoms with E-state index in [4.69, 9.17) is 0 Å². The third-order valence-corrected chi connectivity index (χ3v) is 0.594. The van der Waals surface area contributed by atoms with Crippen LogP contribution < -0.4 is 0 Å². The highest BCUT2D eigenvalue weighted by molar-refractivity contribution is 14.0. The largest absolute Gasteiger partial charge is 0.466 e. The molecule has 0 amide bonds. The Morgan fingerprint density at radius 1 is 1.50 bits per heavy atom. The van der Waals surface area contributed by atoms with Gasteiger partial charge in [-0.3, -0.25) is 4.79 Å². The van der Waals surface area contributed by atoms with Gasteiger partial charge < -0.3 is 4.74 Å². The number of ether oxygens (including phenoxy) is 1. The molecule has 0 saturated carbocycles. The first-order chi connectivity index (χ1) is 3.31. The molecule has 0 saturated heterocycles. The molecular formula is C5H11IO2. The van der Waals surface area contributed by atoms with E-state index in [2.05, 4.69) is 4.74 Å². The van der Waals surface area contributed by atoms with E-state index >= 15 is 0 Å². The fourth-order valence-electron chi connectivity index (χ4n) is 0.263. The fourth-order valence-corrected chi connectivity index (χ4v) is 0.263. The number of halogens is 1. The number of hydrogen-bond donors (Lipinski definition) is 0. The molecule has 0 bridgehead atoms. The molecule has 0 spiro atoms. The van der Waals surface area contributed by atoms with E-state index in [1.807, 2.05) is 0 Å². The van der Waals surface area contributed by atoms with Crippen molar-refractivity contribution in [3.8, 4) is 0 Å². The van der Waals surface area contributed by atoms with E-state index in [9.17, 15) is 4.79 Å². The van der Waals surface area contributed by atoms with Crippen LogP contribution in [0.25, 0.3) is 0 Å². The number of carbonyl (C=O) groups excluding carboxylic acids is 1. The second-order valence-corrected chi connectivity index (χ2v) is 1.16. The van der Waals surface area contributed by atoms with Crippen LogP contribution in [-0.4, -0.2) is 12.6 Å². The van der Waals surface area contributed by atoms with Crippen LogP contribution in [0, 0.1) is 0 Å². The summed E-state index contributed by atoms with van der Waals surface area (Å²) in [6.07, 6.45) is 0.480. The van der Waals surface area contributed by atoms with Crippen molar-refractivity contribution in [1.82, 2.24) is 0 Å². The van der Waals surface area contributed by atoms with E-state index in [1.54, 1.807) is 13.8 Å². The summed E-state index contributed by atoms with van der Waals surface area (Å²) in [7, 11) is 0. The summed E-state index contributed by atoms with van der Waals surface area (Å²) in [4.78, 5) is 10.2. The summed E-state index contributed by atoms with van der Waals surface area (Å²) in [5.41, 5.74) is 0. The molecule has 0 aromatic rings. The first-order valence-electron chi connectivity index (χ1n) is 2.46. The van der Waals surface area contributed by atoms with Gasteiger partial charge in [-0.2, -0.15) is 0 Å². The van der Waals surface area contributed by atoms with Gasteiger partial charge >= 0.3 is 5.97 Å². The van der Waals surface area contributed by atoms with Crippen LogP contribution in [0.2, 0.25) is 0 Å². The molecule has 0 aliphatic rings. The molecule has 0 aromatic heterocycles. The van der Waals surface area contributed by atoms with Crippen LogP contribution in [0.1, 0.15) is 20.3 Å². The molecule has 0 atom stereocenters. The minimum atomic E-state index is -0.123. The van der Waals surface area contributed by atoms with Gasteiger partial charge in [0.15, 0.2) is 0 Å². The van der Waals surface area contributed by atoms with E-state index in [0.717, 1.165) is 0 Å². The molecule has 0 heterocycles. The summed E-state index contributed by atoms with van der Waals surface area (Å²) in [5, 5.41) is 0. The maximum Gasteiger partial charge on any atom is 0.305 e. The van der Waals surface area contributed by atoms with Gasteiger partial charge in [0.1, 0.15) is 0 Å². The van der Waals surface area contributed by atoms with Crippen molar-refractivity contribution in [2.75, 3.05) is 6.61 Å². The van der Waals surface area contributed by atoms with Crippen LogP contribution in [0.15, 0.2) is 0 Å². The maximum atomic E-state index is 10.2. The molecule has 0 aliphatic heterocycles. The lowest BCUT2D eigenvalue weighted by Crippen LogP contribution is -2.00. The van der Waals surface area contributed by atoms with Crippen LogP contribution >= 0.6 is 24.0 Å². The zero-order valence-electron chi connectivity index (χ0n) is 5.14. The first-order valence-corrected chi connectivity index (χ1v) is 2.46. The van der Waals surface area contributed by atoms with E-state index in [-0.39, 0.29) is 29.9 Å². The Kier molecular flexibility index (Phi) is 9.95. The minimum Gasteiger partial charge on any atom is -0.466 e. The summed E-state index contributed by atoms with van der Waals surface area (Å²) < 4.78 is 4.55. The van der Waals surface area contributed by atoms with Crippen molar-refractivity contribution in [2.24, 2.45) is 0 Å². The zero-order chi connectivity index (χ0) is 5.70. The normalized spacial score (nSPS) is 7.25. The van der Waals surface area contributed by atoms with Crippen molar-refractivity contribution >= 4 is 29.9 Å².